The van der Waals surface area contributed by atoms with E-state index in [1.807, 2.05) is 0 Å². The molecule has 0 unspecified atom stereocenters. The number of fused-ring (bicyclic) bond motifs is 1. The summed E-state index contributed by atoms with van der Waals surface area (Å²) in [5, 5.41) is 3.98. The third-order valence-electron chi connectivity index (χ3n) is 2.06. The standard InChI is InChI=1S/C11H9N3O2S.2ClH.Cu/c12-11(17)14-13-5-7-6-16-9-4-2-1-3-8(9)10(7)15;;;/h1-6H,(H3,12,14,17);2*1H;/q;;;+2/p-3/b13-5-;;;. The summed E-state index contributed by atoms with van der Waals surface area (Å²) < 4.78 is 5.28. The van der Waals surface area contributed by atoms with Crippen LogP contribution >= 0.6 is 32.4 Å². The first kappa shape index (κ1) is 16.9. The van der Waals surface area contributed by atoms with Crippen LogP contribution in [0.4, 0.5) is 0 Å². The van der Waals surface area contributed by atoms with E-state index in [9.17, 15) is 4.79 Å². The van der Waals surface area contributed by atoms with Gasteiger partial charge in [0.15, 0.2) is 0 Å². The Morgan fingerprint density at radius 1 is 1.45 bits per heavy atom. The van der Waals surface area contributed by atoms with E-state index < -0.39 is 0 Å². The summed E-state index contributed by atoms with van der Waals surface area (Å²) in [5.41, 5.74) is 9.23. The second-order valence-electron chi connectivity index (χ2n) is 3.24. The number of halogens is 2. The molecule has 0 aliphatic carbocycles. The Kier molecular flexibility index (Phi) is 7.57. The van der Waals surface area contributed by atoms with E-state index in [0.717, 1.165) is 13.1 Å². The molecule has 5 nitrogen and oxygen atoms in total. The summed E-state index contributed by atoms with van der Waals surface area (Å²) in [5.74, 6) is 0. The van der Waals surface area contributed by atoms with Crippen LogP contribution in [0.1, 0.15) is 5.56 Å². The van der Waals surface area contributed by atoms with Gasteiger partial charge >= 0.3 is 33.3 Å². The normalized spacial score (nSPS) is 10.3. The molecular formula is C11H8Cl2CuN3O2S-. The van der Waals surface area contributed by atoms with Crippen LogP contribution < -0.4 is 11.2 Å². The fourth-order valence-corrected chi connectivity index (χ4v) is 1.38. The molecule has 2 N–H and O–H groups in total. The van der Waals surface area contributed by atoms with Gasteiger partial charge in [-0.1, -0.05) is 24.4 Å². The predicted molar refractivity (Wildman–Crippen MR) is 81.9 cm³/mol. The zero-order valence-electron chi connectivity index (χ0n) is 9.72. The van der Waals surface area contributed by atoms with E-state index >= 15 is 0 Å². The number of hydrogen-bond acceptors (Lipinski definition) is 4. The first-order chi connectivity index (χ1) is 9.60. The van der Waals surface area contributed by atoms with Crippen LogP contribution in [0.5, 0.6) is 0 Å². The van der Waals surface area contributed by atoms with Gasteiger partial charge in [-0.25, -0.2) is 0 Å². The van der Waals surface area contributed by atoms with E-state index in [2.05, 4.69) is 42.9 Å². The average molecular weight is 381 g/mol. The van der Waals surface area contributed by atoms with Crippen LogP contribution in [-0.2, 0) is 13.1 Å². The monoisotopic (exact) mass is 379 g/mol. The van der Waals surface area contributed by atoms with E-state index in [-0.39, 0.29) is 10.5 Å². The van der Waals surface area contributed by atoms with Crippen molar-refractivity contribution in [2.24, 2.45) is 10.8 Å². The molecule has 0 aliphatic rings. The van der Waals surface area contributed by atoms with E-state index in [4.69, 9.17) is 10.2 Å². The van der Waals surface area contributed by atoms with E-state index in [1.165, 1.54) is 12.5 Å². The third kappa shape index (κ3) is 5.11. The summed E-state index contributed by atoms with van der Waals surface area (Å²) in [6, 6.07) is 6.96. The van der Waals surface area contributed by atoms with Gasteiger partial charge in [-0.3, -0.25) is 9.90 Å². The van der Waals surface area contributed by atoms with Crippen molar-refractivity contribution in [3.8, 4) is 0 Å². The molecule has 1 aromatic heterocycles. The summed E-state index contributed by atoms with van der Waals surface area (Å²) in [6.07, 6.45) is 2.58. The molecule has 111 valence electrons. The maximum absolute atomic E-state index is 11.9. The molecule has 0 amide bonds. The number of nitrogens with two attached hydrogens (primary N) is 1. The second-order valence-corrected chi connectivity index (χ2v) is 5.22. The van der Waals surface area contributed by atoms with Crippen molar-refractivity contribution in [2.45, 2.75) is 0 Å². The van der Waals surface area contributed by atoms with Gasteiger partial charge in [0.25, 0.3) is 0 Å². The molecule has 0 saturated carbocycles. The number of benzene rings is 1. The molecule has 0 radical (unpaired) electrons. The fraction of sp³-hybridized carbons (Fsp3) is 0. The summed E-state index contributed by atoms with van der Waals surface area (Å²) in [4.78, 5) is 11.9. The van der Waals surface area contributed by atoms with Crippen molar-refractivity contribution < 1.29 is 17.6 Å². The fourth-order valence-electron chi connectivity index (χ4n) is 1.33. The third-order valence-corrected chi connectivity index (χ3v) is 2.14. The summed E-state index contributed by atoms with van der Waals surface area (Å²) >= 11 is 5.27. The average Bonchev–Trinajstić information content (AvgIpc) is 2.42. The molecule has 1 heterocycles. The molecule has 2 rings (SSSR count). The van der Waals surface area contributed by atoms with Crippen LogP contribution in [0.25, 0.3) is 16.4 Å². The Morgan fingerprint density at radius 2 is 2.10 bits per heavy atom. The summed E-state index contributed by atoms with van der Waals surface area (Å²) in [6.45, 7) is 0. The van der Waals surface area contributed by atoms with Gasteiger partial charge in [-0.2, -0.15) is 0 Å². The first-order valence-corrected chi connectivity index (χ1v) is 7.95. The Labute approximate surface area is 134 Å². The van der Waals surface area contributed by atoms with Crippen molar-refractivity contribution in [1.29, 1.82) is 0 Å². The maximum atomic E-state index is 11.9. The van der Waals surface area contributed by atoms with E-state index in [0.29, 0.717) is 16.5 Å². The number of hydrogen-bond donors (Lipinski definition) is 1. The summed E-state index contributed by atoms with van der Waals surface area (Å²) in [7, 11) is 9.34. The van der Waals surface area contributed by atoms with Gasteiger partial charge in [-0.05, 0) is 12.1 Å². The second kappa shape index (κ2) is 8.94. The van der Waals surface area contributed by atoms with Crippen molar-refractivity contribution in [3.05, 3.63) is 51.7 Å². The molecule has 20 heavy (non-hydrogen) atoms. The van der Waals surface area contributed by atoms with Gasteiger partial charge in [-0.15, -0.1) is 0 Å². The molecule has 0 atom stereocenters. The van der Waals surface area contributed by atoms with Crippen molar-refractivity contribution in [3.63, 3.8) is 0 Å². The number of para-hydroxylation sites is 1. The Bertz CT molecular complexity index is 678. The van der Waals surface area contributed by atoms with Gasteiger partial charge in [0.05, 0.1) is 10.9 Å². The van der Waals surface area contributed by atoms with E-state index in [1.54, 1.807) is 24.3 Å². The number of thiocarbonyl (C=S) groups is 1. The molecule has 0 fully saturated rings. The molecular weight excluding hydrogens is 373 g/mol. The van der Waals surface area contributed by atoms with Crippen LogP contribution in [0.3, 0.4) is 0 Å². The van der Waals surface area contributed by atoms with Crippen molar-refractivity contribution in [2.75, 3.05) is 0 Å². The first-order valence-electron chi connectivity index (χ1n) is 4.95. The minimum absolute atomic E-state index is 0.0913. The van der Waals surface area contributed by atoms with Crippen LogP contribution in [0.15, 0.2) is 44.8 Å². The number of rotatable bonds is 2. The topological polar surface area (TPSA) is 82.7 Å². The molecule has 0 aliphatic heterocycles. The zero-order valence-corrected chi connectivity index (χ0v) is 13.0. The molecule has 2 aromatic rings. The van der Waals surface area contributed by atoms with Crippen LogP contribution in [-0.4, -0.2) is 11.3 Å². The van der Waals surface area contributed by atoms with Gasteiger partial charge < -0.3 is 15.6 Å². The SMILES string of the molecule is NC(=S)[N-]/N=C\c1coc2ccccc2c1=O.[Cl][Cu][Cl]. The molecule has 0 bridgehead atoms. The zero-order chi connectivity index (χ0) is 15.0. The minimum atomic E-state index is -0.172. The molecule has 0 spiro atoms. The Morgan fingerprint density at radius 3 is 2.75 bits per heavy atom. The molecule has 9 heteroatoms. The Hall–Kier alpha value is -1.11. The predicted octanol–water partition coefficient (Wildman–Crippen LogP) is 3.12. The van der Waals surface area contributed by atoms with Gasteiger partial charge in [0, 0.05) is 11.3 Å². The van der Waals surface area contributed by atoms with Crippen molar-refractivity contribution >= 4 is 54.7 Å². The van der Waals surface area contributed by atoms with Gasteiger partial charge in [0.1, 0.15) is 11.8 Å². The van der Waals surface area contributed by atoms with Crippen LogP contribution in [0, 0.1) is 0 Å². The quantitative estimate of drug-likeness (QED) is 0.375. The van der Waals surface area contributed by atoms with Crippen LogP contribution in [0.2, 0.25) is 0 Å². The Balaban J connectivity index is 0.000000612. The van der Waals surface area contributed by atoms with Crippen molar-refractivity contribution in [1.82, 2.24) is 0 Å². The molecule has 1 aromatic carbocycles. The number of nitrogens with zero attached hydrogens (tertiary/aromatic N) is 2. The van der Waals surface area contributed by atoms with Gasteiger partial charge in [0.2, 0.25) is 5.43 Å². The molecule has 0 saturated heterocycles.